The molecule has 0 aromatic heterocycles. The van der Waals surface area contributed by atoms with Crippen molar-refractivity contribution in [2.45, 2.75) is 26.2 Å². The second kappa shape index (κ2) is 9.10. The van der Waals surface area contributed by atoms with E-state index >= 15 is 0 Å². The van der Waals surface area contributed by atoms with Crippen LogP contribution in [0, 0.1) is 0 Å². The van der Waals surface area contributed by atoms with Crippen LogP contribution in [-0.4, -0.2) is 45.2 Å². The van der Waals surface area contributed by atoms with E-state index in [1.54, 1.807) is 0 Å². The van der Waals surface area contributed by atoms with Gasteiger partial charge < -0.3 is 5.32 Å². The Labute approximate surface area is 123 Å². The number of nitrogens with zero attached hydrogens (tertiary/aromatic N) is 1. The Balaban J connectivity index is 2.05. The molecule has 0 aliphatic carbocycles. The van der Waals surface area contributed by atoms with Crippen LogP contribution in [0.4, 0.5) is 0 Å². The second-order valence-electron chi connectivity index (χ2n) is 4.95. The Morgan fingerprint density at radius 1 is 1.10 bits per heavy atom. The van der Waals surface area contributed by atoms with Crippen molar-refractivity contribution < 1.29 is 8.42 Å². The van der Waals surface area contributed by atoms with Crippen molar-refractivity contribution >= 4 is 10.0 Å². The molecule has 0 bridgehead atoms. The average molecular weight is 298 g/mol. The number of nitrogens with one attached hydrogen (secondary N) is 1. The number of sulfonamides is 1. The van der Waals surface area contributed by atoms with Gasteiger partial charge in [-0.1, -0.05) is 37.3 Å². The lowest BCUT2D eigenvalue weighted by atomic mass is 10.1. The summed E-state index contributed by atoms with van der Waals surface area (Å²) in [7, 11) is -3.04. The molecular formula is C15H26N2O2S. The van der Waals surface area contributed by atoms with Crippen LogP contribution in [0.2, 0.25) is 0 Å². The minimum Gasteiger partial charge on any atom is -0.317 e. The van der Waals surface area contributed by atoms with Crippen molar-refractivity contribution in [3.63, 3.8) is 0 Å². The monoisotopic (exact) mass is 298 g/mol. The maximum absolute atomic E-state index is 11.4. The van der Waals surface area contributed by atoms with Crippen LogP contribution in [-0.2, 0) is 16.4 Å². The SMILES string of the molecule is CCN(CCCNCCCc1ccccc1)S(C)(=O)=O. The fourth-order valence-electron chi connectivity index (χ4n) is 2.13. The van der Waals surface area contributed by atoms with Gasteiger partial charge in [0.2, 0.25) is 10.0 Å². The van der Waals surface area contributed by atoms with Gasteiger partial charge in [0.15, 0.2) is 0 Å². The summed E-state index contributed by atoms with van der Waals surface area (Å²) in [5.74, 6) is 0. The molecule has 0 unspecified atom stereocenters. The topological polar surface area (TPSA) is 49.4 Å². The third-order valence-corrected chi connectivity index (χ3v) is 4.62. The molecule has 0 radical (unpaired) electrons. The van der Waals surface area contributed by atoms with Gasteiger partial charge in [0, 0.05) is 13.1 Å². The fraction of sp³-hybridized carbons (Fsp3) is 0.600. The standard InChI is InChI=1S/C15H26N2O2S/c1-3-17(20(2,18)19)14-8-13-16-12-7-11-15-9-5-4-6-10-15/h4-6,9-10,16H,3,7-8,11-14H2,1-2H3. The molecule has 1 aromatic rings. The molecule has 0 saturated heterocycles. The summed E-state index contributed by atoms with van der Waals surface area (Å²) in [5.41, 5.74) is 1.36. The molecule has 0 fully saturated rings. The normalized spacial score (nSPS) is 11.9. The molecule has 1 N–H and O–H groups in total. The highest BCUT2D eigenvalue weighted by Crippen LogP contribution is 2.01. The van der Waals surface area contributed by atoms with Crippen molar-refractivity contribution in [2.24, 2.45) is 0 Å². The highest BCUT2D eigenvalue weighted by molar-refractivity contribution is 7.88. The van der Waals surface area contributed by atoms with Crippen molar-refractivity contribution in [3.8, 4) is 0 Å². The van der Waals surface area contributed by atoms with Gasteiger partial charge in [-0.15, -0.1) is 0 Å². The molecule has 0 spiro atoms. The molecule has 0 atom stereocenters. The van der Waals surface area contributed by atoms with Crippen LogP contribution in [0.15, 0.2) is 30.3 Å². The molecule has 0 amide bonds. The van der Waals surface area contributed by atoms with Gasteiger partial charge in [0.1, 0.15) is 0 Å². The number of hydrogen-bond acceptors (Lipinski definition) is 3. The summed E-state index contributed by atoms with van der Waals surface area (Å²) >= 11 is 0. The van der Waals surface area contributed by atoms with Crippen LogP contribution in [0.25, 0.3) is 0 Å². The average Bonchev–Trinajstić information content (AvgIpc) is 2.41. The summed E-state index contributed by atoms with van der Waals surface area (Å²) in [4.78, 5) is 0. The van der Waals surface area contributed by atoms with Crippen LogP contribution in [0.1, 0.15) is 25.3 Å². The number of hydrogen-bond donors (Lipinski definition) is 1. The predicted molar refractivity (Wildman–Crippen MR) is 84.3 cm³/mol. The van der Waals surface area contributed by atoms with Crippen LogP contribution in [0.5, 0.6) is 0 Å². The van der Waals surface area contributed by atoms with E-state index in [1.807, 2.05) is 13.0 Å². The van der Waals surface area contributed by atoms with Crippen molar-refractivity contribution in [2.75, 3.05) is 32.4 Å². The zero-order chi connectivity index (χ0) is 14.8. The summed E-state index contributed by atoms with van der Waals surface area (Å²) in [6.45, 7) is 4.85. The van der Waals surface area contributed by atoms with Crippen LogP contribution < -0.4 is 5.32 Å². The third-order valence-electron chi connectivity index (χ3n) is 3.24. The molecule has 4 nitrogen and oxygen atoms in total. The first-order valence-corrected chi connectivity index (χ1v) is 9.08. The zero-order valence-electron chi connectivity index (χ0n) is 12.5. The fourth-order valence-corrected chi connectivity index (χ4v) is 3.06. The summed E-state index contributed by atoms with van der Waals surface area (Å²) in [6, 6.07) is 10.4. The minimum absolute atomic E-state index is 0.548. The largest absolute Gasteiger partial charge is 0.317 e. The lowest BCUT2D eigenvalue weighted by molar-refractivity contribution is 0.419. The lowest BCUT2D eigenvalue weighted by Gasteiger charge is -2.17. The maximum Gasteiger partial charge on any atom is 0.211 e. The van der Waals surface area contributed by atoms with Gasteiger partial charge in [-0.05, 0) is 37.9 Å². The Kier molecular flexibility index (Phi) is 7.80. The molecule has 0 heterocycles. The highest BCUT2D eigenvalue weighted by atomic mass is 32.2. The van der Waals surface area contributed by atoms with Gasteiger partial charge >= 0.3 is 0 Å². The highest BCUT2D eigenvalue weighted by Gasteiger charge is 2.12. The van der Waals surface area contributed by atoms with E-state index in [4.69, 9.17) is 0 Å². The van der Waals surface area contributed by atoms with E-state index in [0.29, 0.717) is 13.1 Å². The zero-order valence-corrected chi connectivity index (χ0v) is 13.3. The third kappa shape index (κ3) is 7.03. The molecule has 0 saturated carbocycles. The van der Waals surface area contributed by atoms with Gasteiger partial charge in [-0.2, -0.15) is 0 Å². The first-order chi connectivity index (χ1) is 9.54. The molecule has 0 aliphatic rings. The van der Waals surface area contributed by atoms with E-state index in [-0.39, 0.29) is 0 Å². The first kappa shape index (κ1) is 17.1. The smallest absolute Gasteiger partial charge is 0.211 e. The Morgan fingerprint density at radius 3 is 2.35 bits per heavy atom. The van der Waals surface area contributed by atoms with E-state index in [1.165, 1.54) is 16.1 Å². The maximum atomic E-state index is 11.4. The minimum atomic E-state index is -3.04. The number of aryl methyl sites for hydroxylation is 1. The van der Waals surface area contributed by atoms with Crippen molar-refractivity contribution in [1.82, 2.24) is 9.62 Å². The van der Waals surface area contributed by atoms with Crippen molar-refractivity contribution in [1.29, 1.82) is 0 Å². The lowest BCUT2D eigenvalue weighted by Crippen LogP contribution is -2.32. The summed E-state index contributed by atoms with van der Waals surface area (Å²) in [5, 5.41) is 3.37. The van der Waals surface area contributed by atoms with Crippen LogP contribution >= 0.6 is 0 Å². The quantitative estimate of drug-likeness (QED) is 0.671. The van der Waals surface area contributed by atoms with Crippen LogP contribution in [0.3, 0.4) is 0 Å². The summed E-state index contributed by atoms with van der Waals surface area (Å²) < 4.78 is 24.3. The van der Waals surface area contributed by atoms with Gasteiger partial charge in [-0.3, -0.25) is 0 Å². The molecule has 114 valence electrons. The van der Waals surface area contributed by atoms with E-state index in [2.05, 4.69) is 29.6 Å². The number of benzene rings is 1. The predicted octanol–water partition coefficient (Wildman–Crippen LogP) is 1.88. The van der Waals surface area contributed by atoms with E-state index in [9.17, 15) is 8.42 Å². The second-order valence-corrected chi connectivity index (χ2v) is 6.93. The molecule has 0 aliphatic heterocycles. The van der Waals surface area contributed by atoms with Gasteiger partial charge in [0.05, 0.1) is 6.26 Å². The molecule has 1 rings (SSSR count). The Morgan fingerprint density at radius 2 is 1.75 bits per heavy atom. The molecule has 20 heavy (non-hydrogen) atoms. The molecule has 1 aromatic carbocycles. The van der Waals surface area contributed by atoms with Gasteiger partial charge in [0.25, 0.3) is 0 Å². The number of rotatable bonds is 10. The molecular weight excluding hydrogens is 272 g/mol. The van der Waals surface area contributed by atoms with Gasteiger partial charge in [-0.25, -0.2) is 12.7 Å². The van der Waals surface area contributed by atoms with E-state index in [0.717, 1.165) is 32.4 Å². The first-order valence-electron chi connectivity index (χ1n) is 7.24. The van der Waals surface area contributed by atoms with Crippen molar-refractivity contribution in [3.05, 3.63) is 35.9 Å². The van der Waals surface area contributed by atoms with E-state index < -0.39 is 10.0 Å². The molecule has 5 heteroatoms. The Bertz CT molecular complexity index is 460. The summed E-state index contributed by atoms with van der Waals surface area (Å²) in [6.07, 6.45) is 4.31. The Hall–Kier alpha value is -0.910.